The van der Waals surface area contributed by atoms with Gasteiger partial charge in [-0.15, -0.1) is 0 Å². The molecule has 1 N–H and O–H groups in total. The zero-order valence-corrected chi connectivity index (χ0v) is 16.2. The number of aromatic nitrogens is 1. The van der Waals surface area contributed by atoms with Crippen LogP contribution in [-0.2, 0) is 19.1 Å². The molecule has 1 unspecified atom stereocenters. The molecule has 2 saturated heterocycles. The van der Waals surface area contributed by atoms with Gasteiger partial charge < -0.3 is 24.4 Å². The SMILES string of the molecule is CC(=O)N1CCOCC2(C1)CN(C(=O)c1cccnc1)CCO2.O=C(O)C(F)(F)F. The smallest absolute Gasteiger partial charge is 0.475 e. The molecule has 12 heteroatoms. The van der Waals surface area contributed by atoms with Crippen molar-refractivity contribution in [2.24, 2.45) is 0 Å². The van der Waals surface area contributed by atoms with Gasteiger partial charge in [-0.2, -0.15) is 13.2 Å². The number of alkyl halides is 3. The van der Waals surface area contributed by atoms with Crippen LogP contribution in [0.5, 0.6) is 0 Å². The molecule has 0 saturated carbocycles. The minimum atomic E-state index is -5.08. The predicted molar refractivity (Wildman–Crippen MR) is 95.6 cm³/mol. The molecule has 2 aliphatic rings. The van der Waals surface area contributed by atoms with Gasteiger partial charge in [0.25, 0.3) is 5.91 Å². The third kappa shape index (κ3) is 6.39. The van der Waals surface area contributed by atoms with Gasteiger partial charge in [-0.05, 0) is 12.1 Å². The van der Waals surface area contributed by atoms with Gasteiger partial charge in [0.15, 0.2) is 0 Å². The Hall–Kier alpha value is -2.73. The number of rotatable bonds is 1. The fourth-order valence-electron chi connectivity index (χ4n) is 3.05. The highest BCUT2D eigenvalue weighted by Gasteiger charge is 2.42. The lowest BCUT2D eigenvalue weighted by atomic mass is 10.0. The molecule has 0 bridgehead atoms. The van der Waals surface area contributed by atoms with Crippen LogP contribution in [-0.4, -0.2) is 95.5 Å². The summed E-state index contributed by atoms with van der Waals surface area (Å²) >= 11 is 0. The quantitative estimate of drug-likeness (QED) is 0.698. The number of hydrogen-bond donors (Lipinski definition) is 1. The van der Waals surface area contributed by atoms with Crippen molar-refractivity contribution in [3.63, 3.8) is 0 Å². The van der Waals surface area contributed by atoms with E-state index in [2.05, 4.69) is 4.98 Å². The standard InChI is InChI=1S/C16H21N3O4.C2HF3O2/c1-13(20)18-5-7-22-12-16(10-18)11-19(6-8-23-16)15(21)14-3-2-4-17-9-14;3-2(4,5)1(6)7/h2-4,9H,5-8,10-12H2,1H3;(H,6,7). The number of nitrogens with zero attached hydrogens (tertiary/aromatic N) is 3. The Morgan fingerprint density at radius 3 is 2.37 bits per heavy atom. The van der Waals surface area contributed by atoms with Crippen LogP contribution in [0, 0.1) is 0 Å². The number of aliphatic carboxylic acids is 1. The van der Waals surface area contributed by atoms with Gasteiger partial charge in [-0.1, -0.05) is 0 Å². The Morgan fingerprint density at radius 1 is 1.17 bits per heavy atom. The largest absolute Gasteiger partial charge is 0.490 e. The number of carbonyl (C=O) groups is 3. The van der Waals surface area contributed by atoms with Crippen LogP contribution in [0.25, 0.3) is 0 Å². The second-order valence-electron chi connectivity index (χ2n) is 6.80. The maximum Gasteiger partial charge on any atom is 0.490 e. The molecular weight excluding hydrogens is 411 g/mol. The number of hydrogen-bond acceptors (Lipinski definition) is 6. The molecule has 1 atom stereocenters. The second kappa shape index (κ2) is 9.85. The van der Waals surface area contributed by atoms with Gasteiger partial charge >= 0.3 is 12.1 Å². The molecule has 0 radical (unpaired) electrons. The lowest BCUT2D eigenvalue weighted by molar-refractivity contribution is -0.192. The summed E-state index contributed by atoms with van der Waals surface area (Å²) in [4.78, 5) is 40.8. The Bertz CT molecular complexity index is 761. The molecule has 1 aromatic rings. The summed E-state index contributed by atoms with van der Waals surface area (Å²) in [5.41, 5.74) is -0.0966. The minimum absolute atomic E-state index is 0.00538. The topological polar surface area (TPSA) is 109 Å². The molecule has 0 aromatic carbocycles. The van der Waals surface area contributed by atoms with Crippen molar-refractivity contribution in [1.29, 1.82) is 0 Å². The number of carboxylic acids is 1. The molecule has 3 heterocycles. The first kappa shape index (κ1) is 23.5. The summed E-state index contributed by atoms with van der Waals surface area (Å²) in [5.74, 6) is -2.83. The third-order valence-electron chi connectivity index (χ3n) is 4.48. The normalized spacial score (nSPS) is 22.0. The molecule has 2 amide bonds. The van der Waals surface area contributed by atoms with Gasteiger partial charge in [0, 0.05) is 32.4 Å². The van der Waals surface area contributed by atoms with Crippen molar-refractivity contribution in [3.05, 3.63) is 30.1 Å². The average molecular weight is 433 g/mol. The van der Waals surface area contributed by atoms with Crippen LogP contribution in [0.4, 0.5) is 13.2 Å². The lowest BCUT2D eigenvalue weighted by Gasteiger charge is -2.43. The molecule has 2 aliphatic heterocycles. The van der Waals surface area contributed by atoms with Crippen molar-refractivity contribution in [1.82, 2.24) is 14.8 Å². The van der Waals surface area contributed by atoms with Crippen LogP contribution in [0.3, 0.4) is 0 Å². The summed E-state index contributed by atoms with van der Waals surface area (Å²) in [6.45, 7) is 4.77. The fraction of sp³-hybridized carbons (Fsp3) is 0.556. The summed E-state index contributed by atoms with van der Waals surface area (Å²) in [7, 11) is 0. The molecule has 1 aromatic heterocycles. The monoisotopic (exact) mass is 433 g/mol. The third-order valence-corrected chi connectivity index (χ3v) is 4.48. The number of morpholine rings is 1. The van der Waals surface area contributed by atoms with Crippen molar-refractivity contribution in [2.75, 3.05) is 46.0 Å². The van der Waals surface area contributed by atoms with Crippen LogP contribution in [0.15, 0.2) is 24.5 Å². The molecule has 1 spiro atoms. The van der Waals surface area contributed by atoms with E-state index in [1.807, 2.05) is 0 Å². The van der Waals surface area contributed by atoms with Crippen molar-refractivity contribution < 1.29 is 42.1 Å². The number of amides is 2. The Labute approximate surface area is 170 Å². The maximum atomic E-state index is 12.6. The molecule has 30 heavy (non-hydrogen) atoms. The Morgan fingerprint density at radius 2 is 1.80 bits per heavy atom. The van der Waals surface area contributed by atoms with Crippen LogP contribution >= 0.6 is 0 Å². The first-order valence-corrected chi connectivity index (χ1v) is 9.01. The van der Waals surface area contributed by atoms with Crippen molar-refractivity contribution >= 4 is 17.8 Å². The van der Waals surface area contributed by atoms with E-state index >= 15 is 0 Å². The number of carbonyl (C=O) groups excluding carboxylic acids is 2. The number of pyridine rings is 1. The molecule has 9 nitrogen and oxygen atoms in total. The predicted octanol–water partition coefficient (Wildman–Crippen LogP) is 0.805. The summed E-state index contributed by atoms with van der Waals surface area (Å²) < 4.78 is 43.3. The van der Waals surface area contributed by atoms with E-state index in [0.29, 0.717) is 51.6 Å². The first-order chi connectivity index (χ1) is 14.0. The van der Waals surface area contributed by atoms with Crippen LogP contribution < -0.4 is 0 Å². The van der Waals surface area contributed by atoms with Crippen molar-refractivity contribution in [2.45, 2.75) is 18.7 Å². The van der Waals surface area contributed by atoms with Crippen LogP contribution in [0.1, 0.15) is 17.3 Å². The molecule has 3 rings (SSSR count). The molecular formula is C18H22F3N3O6. The first-order valence-electron chi connectivity index (χ1n) is 9.01. The summed E-state index contributed by atoms with van der Waals surface area (Å²) in [6.07, 6.45) is -1.88. The number of halogens is 3. The average Bonchev–Trinajstić information content (AvgIpc) is 2.90. The summed E-state index contributed by atoms with van der Waals surface area (Å²) in [6, 6.07) is 3.50. The highest BCUT2D eigenvalue weighted by atomic mass is 19.4. The highest BCUT2D eigenvalue weighted by Crippen LogP contribution is 2.24. The fourth-order valence-corrected chi connectivity index (χ4v) is 3.05. The van der Waals surface area contributed by atoms with Gasteiger partial charge in [0.1, 0.15) is 5.60 Å². The Kier molecular flexibility index (Phi) is 7.73. The van der Waals surface area contributed by atoms with E-state index in [1.54, 1.807) is 41.2 Å². The highest BCUT2D eigenvalue weighted by molar-refractivity contribution is 5.94. The molecule has 0 aliphatic carbocycles. The molecule has 166 valence electrons. The molecule has 2 fully saturated rings. The van der Waals surface area contributed by atoms with Crippen LogP contribution in [0.2, 0.25) is 0 Å². The van der Waals surface area contributed by atoms with Gasteiger partial charge in [-0.25, -0.2) is 4.79 Å². The maximum absolute atomic E-state index is 12.6. The van der Waals surface area contributed by atoms with E-state index in [4.69, 9.17) is 19.4 Å². The van der Waals surface area contributed by atoms with Gasteiger partial charge in [0.2, 0.25) is 5.91 Å². The number of ether oxygens (including phenoxy) is 2. The van der Waals surface area contributed by atoms with E-state index in [1.165, 1.54) is 0 Å². The number of carboxylic acid groups (broad SMARTS) is 1. The zero-order chi connectivity index (χ0) is 22.4. The van der Waals surface area contributed by atoms with E-state index < -0.39 is 17.7 Å². The van der Waals surface area contributed by atoms with Gasteiger partial charge in [-0.3, -0.25) is 14.6 Å². The van der Waals surface area contributed by atoms with E-state index in [9.17, 15) is 22.8 Å². The zero-order valence-electron chi connectivity index (χ0n) is 16.2. The summed E-state index contributed by atoms with van der Waals surface area (Å²) in [5, 5.41) is 7.12. The Balaban J connectivity index is 0.000000396. The minimum Gasteiger partial charge on any atom is -0.475 e. The van der Waals surface area contributed by atoms with E-state index in [-0.39, 0.29) is 11.8 Å². The van der Waals surface area contributed by atoms with Crippen molar-refractivity contribution in [3.8, 4) is 0 Å². The lowest BCUT2D eigenvalue weighted by Crippen LogP contribution is -2.60. The van der Waals surface area contributed by atoms with E-state index in [0.717, 1.165) is 0 Å². The van der Waals surface area contributed by atoms with Gasteiger partial charge in [0.05, 0.1) is 38.5 Å². The second-order valence-corrected chi connectivity index (χ2v) is 6.80.